The minimum absolute atomic E-state index is 0.207. The van der Waals surface area contributed by atoms with Crippen LogP contribution in [0.5, 0.6) is 0 Å². The van der Waals surface area contributed by atoms with Crippen LogP contribution in [0.1, 0.15) is 84.8 Å². The van der Waals surface area contributed by atoms with Crippen LogP contribution < -0.4 is 0 Å². The predicted octanol–water partition coefficient (Wildman–Crippen LogP) is 6.98. The molecule has 1 aromatic carbocycles. The fraction of sp³-hybridized carbons (Fsp3) is 0.667. The Morgan fingerprint density at radius 3 is 1.64 bits per heavy atom. The molecule has 0 amide bonds. The van der Waals surface area contributed by atoms with Gasteiger partial charge in [-0.2, -0.15) is 0 Å². The molecule has 128 valence electrons. The first-order valence-electron chi connectivity index (χ1n) is 9.09. The van der Waals surface area contributed by atoms with Gasteiger partial charge in [0.1, 0.15) is 0 Å². The zero-order valence-electron chi connectivity index (χ0n) is 16.2. The molecule has 0 aliphatic heterocycles. The molecule has 1 rings (SSSR count). The van der Waals surface area contributed by atoms with Gasteiger partial charge in [-0.3, -0.25) is 0 Å². The summed E-state index contributed by atoms with van der Waals surface area (Å²) in [6.45, 7) is 19.4. The molecule has 0 aliphatic rings. The number of benzene rings is 1. The van der Waals surface area contributed by atoms with E-state index in [0.29, 0.717) is 0 Å². The van der Waals surface area contributed by atoms with Gasteiger partial charge in [-0.15, -0.1) is 0 Å². The van der Waals surface area contributed by atoms with Crippen LogP contribution >= 0.6 is 0 Å². The summed E-state index contributed by atoms with van der Waals surface area (Å²) in [4.78, 5) is 4.19. The lowest BCUT2D eigenvalue weighted by atomic mass is 9.73. The zero-order valence-corrected chi connectivity index (χ0v) is 16.2. The molecular weight excluding hydrogens is 266 g/mol. The van der Waals surface area contributed by atoms with Gasteiger partial charge in [0.05, 0.1) is 0 Å². The lowest BCUT2D eigenvalue weighted by Gasteiger charge is -2.32. The number of nitrogens with zero attached hydrogens (tertiary/aromatic N) is 1. The minimum Gasteiger partial charge on any atom is -0.300 e. The maximum Gasteiger partial charge on any atom is 0.0479 e. The van der Waals surface area contributed by atoms with Gasteiger partial charge in [-0.05, 0) is 32.0 Å². The molecule has 0 saturated carbocycles. The van der Waals surface area contributed by atoms with Gasteiger partial charge in [-0.1, -0.05) is 90.6 Å². The minimum atomic E-state index is 0.207. The molecule has 0 N–H and O–H groups in total. The van der Waals surface area contributed by atoms with Crippen LogP contribution in [0.4, 0.5) is 0 Å². The van der Waals surface area contributed by atoms with Crippen molar-refractivity contribution in [1.82, 2.24) is 0 Å². The van der Waals surface area contributed by atoms with E-state index in [1.165, 1.54) is 43.2 Å². The zero-order chi connectivity index (χ0) is 17.4. The summed E-state index contributed by atoms with van der Waals surface area (Å²) in [5.41, 5.74) is 2.96. The van der Waals surface area contributed by atoms with Crippen LogP contribution in [-0.4, -0.2) is 13.3 Å². The molecule has 0 fully saturated rings. The molecule has 0 radical (unpaired) electrons. The highest BCUT2D eigenvalue weighted by molar-refractivity contribution is 5.31. The molecule has 0 heterocycles. The highest BCUT2D eigenvalue weighted by Crippen LogP contribution is 2.35. The third-order valence-electron chi connectivity index (χ3n) is 3.54. The summed E-state index contributed by atoms with van der Waals surface area (Å²) >= 11 is 0. The van der Waals surface area contributed by atoms with Crippen molar-refractivity contribution in [3.63, 3.8) is 0 Å². The Hall–Kier alpha value is -1.11. The van der Waals surface area contributed by atoms with Crippen molar-refractivity contribution in [3.8, 4) is 0 Å². The number of aryl methyl sites for hydroxylation is 1. The maximum absolute atomic E-state index is 4.19. The highest BCUT2D eigenvalue weighted by atomic mass is 14.7. The van der Waals surface area contributed by atoms with Gasteiger partial charge in [0.25, 0.3) is 0 Å². The monoisotopic (exact) mass is 305 g/mol. The van der Waals surface area contributed by atoms with Crippen LogP contribution in [-0.2, 0) is 5.41 Å². The van der Waals surface area contributed by atoms with E-state index in [1.807, 2.05) is 13.8 Å². The van der Waals surface area contributed by atoms with Crippen LogP contribution in [0.3, 0.4) is 0 Å². The predicted molar refractivity (Wildman–Crippen MR) is 104 cm³/mol. The first kappa shape index (κ1) is 23.2. The fourth-order valence-corrected chi connectivity index (χ4v) is 2.74. The summed E-state index contributed by atoms with van der Waals surface area (Å²) in [6.07, 6.45) is 6.04. The molecular formula is C21H39N. The fourth-order valence-electron chi connectivity index (χ4n) is 2.74. The van der Waals surface area contributed by atoms with Gasteiger partial charge in [-0.25, -0.2) is 0 Å². The Morgan fingerprint density at radius 1 is 0.909 bits per heavy atom. The van der Waals surface area contributed by atoms with Gasteiger partial charge in [0.15, 0.2) is 0 Å². The van der Waals surface area contributed by atoms with E-state index < -0.39 is 0 Å². The third-order valence-corrected chi connectivity index (χ3v) is 3.54. The molecule has 0 atom stereocenters. The average Bonchev–Trinajstić information content (AvgIpc) is 2.51. The molecule has 22 heavy (non-hydrogen) atoms. The van der Waals surface area contributed by atoms with Gasteiger partial charge >= 0.3 is 0 Å². The van der Waals surface area contributed by atoms with Crippen molar-refractivity contribution in [2.24, 2.45) is 4.99 Å². The number of hydrogen-bond donors (Lipinski definition) is 0. The maximum atomic E-state index is 4.19. The highest BCUT2D eigenvalue weighted by Gasteiger charge is 2.29. The van der Waals surface area contributed by atoms with Gasteiger partial charge < -0.3 is 4.99 Å². The molecule has 0 aliphatic carbocycles. The van der Waals surface area contributed by atoms with Crippen molar-refractivity contribution in [1.29, 1.82) is 0 Å². The standard InChI is InChI=1S/C16H25N.C3H8.C2H6/c1-5-11-16(12-6-2,13-17-4)15-9-7-14(3)8-10-15;1-3-2;1-2/h7-10H,4-6,11-13H2,1-3H3;3H2,1-2H3;1-2H3. The molecule has 1 aromatic rings. The normalized spacial score (nSPS) is 9.95. The largest absolute Gasteiger partial charge is 0.300 e. The summed E-state index contributed by atoms with van der Waals surface area (Å²) < 4.78 is 0. The van der Waals surface area contributed by atoms with E-state index in [2.05, 4.69) is 70.6 Å². The lowest BCUT2D eigenvalue weighted by molar-refractivity contribution is 0.367. The van der Waals surface area contributed by atoms with Crippen LogP contribution in [0.25, 0.3) is 0 Å². The smallest absolute Gasteiger partial charge is 0.0479 e. The second kappa shape index (κ2) is 14.8. The third kappa shape index (κ3) is 8.36. The second-order valence-electron chi connectivity index (χ2n) is 5.74. The van der Waals surface area contributed by atoms with E-state index >= 15 is 0 Å². The van der Waals surface area contributed by atoms with E-state index in [1.54, 1.807) is 0 Å². The summed E-state index contributed by atoms with van der Waals surface area (Å²) in [5, 5.41) is 0. The van der Waals surface area contributed by atoms with E-state index in [9.17, 15) is 0 Å². The number of hydrogen-bond acceptors (Lipinski definition) is 1. The van der Waals surface area contributed by atoms with Crippen LogP contribution in [0.15, 0.2) is 29.3 Å². The SMILES string of the molecule is C=NCC(CCC)(CCC)c1ccc(C)cc1.CC.CCC. The van der Waals surface area contributed by atoms with E-state index in [4.69, 9.17) is 0 Å². The number of aliphatic imine (C=N–C) groups is 1. The Kier molecular flexibility index (Phi) is 15.6. The summed E-state index contributed by atoms with van der Waals surface area (Å²) in [7, 11) is 0. The average molecular weight is 306 g/mol. The van der Waals surface area contributed by atoms with Crippen molar-refractivity contribution in [2.45, 2.75) is 86.0 Å². The van der Waals surface area contributed by atoms with Crippen molar-refractivity contribution in [2.75, 3.05) is 6.54 Å². The van der Waals surface area contributed by atoms with Crippen molar-refractivity contribution < 1.29 is 0 Å². The van der Waals surface area contributed by atoms with E-state index in [-0.39, 0.29) is 5.41 Å². The van der Waals surface area contributed by atoms with Crippen LogP contribution in [0, 0.1) is 6.92 Å². The molecule has 1 heteroatoms. The quantitative estimate of drug-likeness (QED) is 0.482. The number of rotatable bonds is 7. The Labute approximate surface area is 140 Å². The Bertz CT molecular complexity index is 345. The molecule has 0 unspecified atom stereocenters. The molecule has 0 aromatic heterocycles. The Balaban J connectivity index is 0. The van der Waals surface area contributed by atoms with Crippen molar-refractivity contribution >= 4 is 6.72 Å². The summed E-state index contributed by atoms with van der Waals surface area (Å²) in [5.74, 6) is 0. The van der Waals surface area contributed by atoms with E-state index in [0.717, 1.165) is 6.54 Å². The molecule has 0 spiro atoms. The lowest BCUT2D eigenvalue weighted by Crippen LogP contribution is -2.29. The Morgan fingerprint density at radius 2 is 1.32 bits per heavy atom. The first-order chi connectivity index (χ1) is 10.6. The van der Waals surface area contributed by atoms with Gasteiger partial charge in [0.2, 0.25) is 0 Å². The van der Waals surface area contributed by atoms with Crippen molar-refractivity contribution in [3.05, 3.63) is 35.4 Å². The topological polar surface area (TPSA) is 12.4 Å². The van der Waals surface area contributed by atoms with Crippen LogP contribution in [0.2, 0.25) is 0 Å². The van der Waals surface area contributed by atoms with Gasteiger partial charge in [0, 0.05) is 12.0 Å². The summed E-state index contributed by atoms with van der Waals surface area (Å²) in [6, 6.07) is 8.95. The molecule has 0 bridgehead atoms. The first-order valence-corrected chi connectivity index (χ1v) is 9.09. The molecule has 1 nitrogen and oxygen atoms in total. The second-order valence-corrected chi connectivity index (χ2v) is 5.74. The molecule has 0 saturated heterocycles.